The Morgan fingerprint density at radius 1 is 1.24 bits per heavy atom. The molecule has 0 fully saturated rings. The Hall–Kier alpha value is -3.46. The highest BCUT2D eigenvalue weighted by molar-refractivity contribution is 7.92. The lowest BCUT2D eigenvalue weighted by Crippen LogP contribution is -2.43. The molecule has 0 unspecified atom stereocenters. The van der Waals surface area contributed by atoms with Crippen molar-refractivity contribution in [3.63, 3.8) is 0 Å². The average molecular weight is 497 g/mol. The number of anilines is 2. The van der Waals surface area contributed by atoms with Crippen molar-refractivity contribution in [3.05, 3.63) is 48.0 Å². The van der Waals surface area contributed by atoms with E-state index in [2.05, 4.69) is 5.32 Å². The second-order valence-electron chi connectivity index (χ2n) is 8.47. The van der Waals surface area contributed by atoms with Gasteiger partial charge < -0.3 is 9.47 Å². The summed E-state index contributed by atoms with van der Waals surface area (Å²) in [4.78, 5) is 11.6. The topological polar surface area (TPSA) is 109 Å². The maximum absolute atomic E-state index is 13.4. The van der Waals surface area contributed by atoms with Crippen LogP contribution in [0.2, 0.25) is 0 Å². The van der Waals surface area contributed by atoms with E-state index in [9.17, 15) is 26.4 Å². The van der Waals surface area contributed by atoms with Crippen LogP contribution in [0.4, 0.5) is 29.3 Å². The fraction of sp³-hybridized carbons (Fsp3) is 0.364. The van der Waals surface area contributed by atoms with E-state index in [0.717, 1.165) is 22.5 Å². The SMILES string of the molecule is CC(C)(C)OC(=O)Nc1ccc2c(c1)N(S(=O)(=O)c1cccc(C(F)(F)F)c1)C[C@H](CC#N)O2. The van der Waals surface area contributed by atoms with Gasteiger partial charge in [0.25, 0.3) is 10.0 Å². The summed E-state index contributed by atoms with van der Waals surface area (Å²) in [6.07, 6.45) is -6.50. The summed E-state index contributed by atoms with van der Waals surface area (Å²) in [7, 11) is -4.48. The van der Waals surface area contributed by atoms with Crippen LogP contribution >= 0.6 is 0 Å². The lowest BCUT2D eigenvalue weighted by atomic mass is 10.2. The van der Waals surface area contributed by atoms with Gasteiger partial charge in [0.15, 0.2) is 0 Å². The number of hydrogen-bond donors (Lipinski definition) is 1. The van der Waals surface area contributed by atoms with Gasteiger partial charge in [-0.25, -0.2) is 13.2 Å². The highest BCUT2D eigenvalue weighted by Crippen LogP contribution is 2.40. The van der Waals surface area contributed by atoms with Gasteiger partial charge in [-0.2, -0.15) is 18.4 Å². The molecular formula is C22H22F3N3O5S. The number of sulfonamides is 1. The lowest BCUT2D eigenvalue weighted by molar-refractivity contribution is -0.137. The lowest BCUT2D eigenvalue weighted by Gasteiger charge is -2.35. The molecule has 12 heteroatoms. The van der Waals surface area contributed by atoms with E-state index >= 15 is 0 Å². The van der Waals surface area contributed by atoms with Crippen LogP contribution in [-0.2, 0) is 20.9 Å². The minimum absolute atomic E-state index is 0.000148. The standard InChI is InChI=1S/C22H22F3N3O5S/c1-21(2,3)33-20(29)27-15-7-8-19-18(12-15)28(13-16(32-19)9-10-26)34(30,31)17-6-4-5-14(11-17)22(23,24)25/h4-8,11-12,16H,9,13H2,1-3H3,(H,27,29)/t16-/m0/s1. The molecule has 0 bridgehead atoms. The predicted octanol–water partition coefficient (Wildman–Crippen LogP) is 4.92. The molecule has 0 saturated heterocycles. The third-order valence-electron chi connectivity index (χ3n) is 4.60. The molecule has 0 aromatic heterocycles. The smallest absolute Gasteiger partial charge is 0.416 e. The van der Waals surface area contributed by atoms with Gasteiger partial charge in [0, 0.05) is 5.69 Å². The molecule has 0 saturated carbocycles. The van der Waals surface area contributed by atoms with E-state index in [4.69, 9.17) is 14.7 Å². The maximum atomic E-state index is 13.4. The van der Waals surface area contributed by atoms with Gasteiger partial charge in [0.05, 0.1) is 35.2 Å². The summed E-state index contributed by atoms with van der Waals surface area (Å²) in [5.74, 6) is 0.0942. The quantitative estimate of drug-likeness (QED) is 0.642. The minimum atomic E-state index is -4.73. The molecule has 1 amide bonds. The first-order valence-corrected chi connectivity index (χ1v) is 11.5. The number of ether oxygens (including phenoxy) is 2. The molecule has 0 aliphatic carbocycles. The van der Waals surface area contributed by atoms with E-state index in [-0.39, 0.29) is 30.1 Å². The molecule has 0 radical (unpaired) electrons. The number of fused-ring (bicyclic) bond motifs is 1. The Morgan fingerprint density at radius 3 is 2.56 bits per heavy atom. The number of benzene rings is 2. The number of alkyl halides is 3. The number of nitrogens with zero attached hydrogens (tertiary/aromatic N) is 2. The first-order valence-electron chi connectivity index (χ1n) is 10.1. The predicted molar refractivity (Wildman–Crippen MR) is 117 cm³/mol. The van der Waals surface area contributed by atoms with Crippen LogP contribution in [0.15, 0.2) is 47.4 Å². The molecular weight excluding hydrogens is 475 g/mol. The molecule has 8 nitrogen and oxygen atoms in total. The molecule has 2 aromatic carbocycles. The second kappa shape index (κ2) is 9.06. The second-order valence-corrected chi connectivity index (χ2v) is 10.3. The molecule has 1 atom stereocenters. The minimum Gasteiger partial charge on any atom is -0.485 e. The number of rotatable bonds is 4. The van der Waals surface area contributed by atoms with E-state index in [0.29, 0.717) is 6.07 Å². The van der Waals surface area contributed by atoms with Gasteiger partial charge in [0.1, 0.15) is 17.5 Å². The molecule has 2 aromatic rings. The van der Waals surface area contributed by atoms with Gasteiger partial charge in [-0.15, -0.1) is 0 Å². The van der Waals surface area contributed by atoms with Crippen LogP contribution in [-0.4, -0.2) is 32.8 Å². The average Bonchev–Trinajstić information content (AvgIpc) is 2.71. The van der Waals surface area contributed by atoms with Crippen molar-refractivity contribution >= 4 is 27.5 Å². The number of carbonyl (C=O) groups excluding carboxylic acids is 1. The van der Waals surface area contributed by atoms with E-state index in [1.165, 1.54) is 18.2 Å². The summed E-state index contributed by atoms with van der Waals surface area (Å²) in [6.45, 7) is 4.71. The highest BCUT2D eigenvalue weighted by Gasteiger charge is 2.37. The van der Waals surface area contributed by atoms with Gasteiger partial charge in [-0.1, -0.05) is 6.07 Å². The van der Waals surface area contributed by atoms with Crippen molar-refractivity contribution in [2.24, 2.45) is 0 Å². The van der Waals surface area contributed by atoms with Gasteiger partial charge in [-0.3, -0.25) is 9.62 Å². The van der Waals surface area contributed by atoms with Crippen molar-refractivity contribution < 1.29 is 35.9 Å². The van der Waals surface area contributed by atoms with Crippen molar-refractivity contribution in [2.75, 3.05) is 16.2 Å². The van der Waals surface area contributed by atoms with Gasteiger partial charge in [-0.05, 0) is 57.2 Å². The number of nitrogens with one attached hydrogen (secondary N) is 1. The fourth-order valence-corrected chi connectivity index (χ4v) is 4.75. The summed E-state index contributed by atoms with van der Waals surface area (Å²) >= 11 is 0. The van der Waals surface area contributed by atoms with Gasteiger partial charge >= 0.3 is 12.3 Å². The summed E-state index contributed by atoms with van der Waals surface area (Å²) < 4.78 is 78.1. The van der Waals surface area contributed by atoms with Crippen molar-refractivity contribution in [1.82, 2.24) is 0 Å². The third-order valence-corrected chi connectivity index (χ3v) is 6.38. The molecule has 182 valence electrons. The third kappa shape index (κ3) is 5.72. The molecule has 3 rings (SSSR count). The number of amides is 1. The van der Waals surface area contributed by atoms with Crippen LogP contribution in [0.1, 0.15) is 32.8 Å². The molecule has 1 heterocycles. The number of hydrogen-bond acceptors (Lipinski definition) is 6. The van der Waals surface area contributed by atoms with E-state index in [1.54, 1.807) is 20.8 Å². The number of nitriles is 1. The molecule has 1 aliphatic heterocycles. The summed E-state index contributed by atoms with van der Waals surface area (Å²) in [5.41, 5.74) is -1.71. The molecule has 0 spiro atoms. The fourth-order valence-electron chi connectivity index (χ4n) is 3.21. The monoisotopic (exact) mass is 497 g/mol. The van der Waals surface area contributed by atoms with Gasteiger partial charge in [0.2, 0.25) is 0 Å². The van der Waals surface area contributed by atoms with Crippen LogP contribution in [0, 0.1) is 11.3 Å². The van der Waals surface area contributed by atoms with Crippen LogP contribution in [0.3, 0.4) is 0 Å². The van der Waals surface area contributed by atoms with Crippen LogP contribution in [0.5, 0.6) is 5.75 Å². The molecule has 34 heavy (non-hydrogen) atoms. The van der Waals surface area contributed by atoms with Crippen LogP contribution < -0.4 is 14.4 Å². The number of carbonyl (C=O) groups is 1. The van der Waals surface area contributed by atoms with Crippen molar-refractivity contribution in [2.45, 2.75) is 50.0 Å². The first-order chi connectivity index (χ1) is 15.7. The zero-order chi connectivity index (χ0) is 25.3. The molecule has 1 N–H and O–H groups in total. The van der Waals surface area contributed by atoms with Crippen molar-refractivity contribution in [1.29, 1.82) is 5.26 Å². The normalized spacial score (nSPS) is 16.1. The zero-order valence-corrected chi connectivity index (χ0v) is 19.3. The maximum Gasteiger partial charge on any atom is 0.416 e. The Bertz CT molecular complexity index is 1230. The van der Waals surface area contributed by atoms with E-state index in [1.807, 2.05) is 6.07 Å². The van der Waals surface area contributed by atoms with Crippen LogP contribution in [0.25, 0.3) is 0 Å². The van der Waals surface area contributed by atoms with Crippen molar-refractivity contribution in [3.8, 4) is 11.8 Å². The van der Waals surface area contributed by atoms with E-state index < -0.39 is 44.5 Å². The first kappa shape index (κ1) is 25.2. The Balaban J connectivity index is 2.04. The summed E-state index contributed by atoms with van der Waals surface area (Å²) in [6, 6.07) is 9.45. The Kier molecular flexibility index (Phi) is 6.71. The largest absolute Gasteiger partial charge is 0.485 e. The zero-order valence-electron chi connectivity index (χ0n) is 18.5. The molecule has 1 aliphatic rings. The number of halogens is 3. The summed E-state index contributed by atoms with van der Waals surface area (Å²) in [5, 5.41) is 11.5. The Labute approximate surface area is 194 Å². The highest BCUT2D eigenvalue weighted by atomic mass is 32.2. The Morgan fingerprint density at radius 2 is 1.94 bits per heavy atom.